The van der Waals surface area contributed by atoms with Gasteiger partial charge in [0.25, 0.3) is 5.91 Å². The number of amides is 1. The highest BCUT2D eigenvalue weighted by atomic mass is 16.5. The number of nitrogens with one attached hydrogen (secondary N) is 2. The molecule has 2 aliphatic heterocycles. The van der Waals surface area contributed by atoms with E-state index in [1.165, 1.54) is 0 Å². The van der Waals surface area contributed by atoms with Crippen LogP contribution in [0.3, 0.4) is 0 Å². The average molecular weight is 349 g/mol. The molecule has 0 radical (unpaired) electrons. The summed E-state index contributed by atoms with van der Waals surface area (Å²) >= 11 is 0. The summed E-state index contributed by atoms with van der Waals surface area (Å²) in [5.74, 6) is -0.222. The zero-order valence-electron chi connectivity index (χ0n) is 13.7. The number of rotatable bonds is 8. The van der Waals surface area contributed by atoms with Gasteiger partial charge in [-0.2, -0.15) is 0 Å². The van der Waals surface area contributed by atoms with Gasteiger partial charge in [0.05, 0.1) is 26.2 Å². The van der Waals surface area contributed by atoms with Crippen molar-refractivity contribution in [1.82, 2.24) is 15.5 Å². The normalized spacial score (nSPS) is 26.4. The summed E-state index contributed by atoms with van der Waals surface area (Å²) in [6.07, 6.45) is 0.107. The van der Waals surface area contributed by atoms with Gasteiger partial charge in [0.1, 0.15) is 25.3 Å². The van der Waals surface area contributed by atoms with Gasteiger partial charge in [-0.25, -0.2) is 0 Å². The predicted octanol–water partition coefficient (Wildman–Crippen LogP) is -1.46. The van der Waals surface area contributed by atoms with Gasteiger partial charge in [-0.15, -0.1) is 0 Å². The molecule has 1 fully saturated rings. The van der Waals surface area contributed by atoms with Crippen LogP contribution < -0.4 is 16.4 Å². The molecule has 0 spiro atoms. The zero-order valence-corrected chi connectivity index (χ0v) is 13.7. The third-order valence-electron chi connectivity index (χ3n) is 4.03. The summed E-state index contributed by atoms with van der Waals surface area (Å²) in [7, 11) is 0. The highest BCUT2D eigenvalue weighted by molar-refractivity contribution is 5.87. The first-order valence-corrected chi connectivity index (χ1v) is 8.12. The maximum absolute atomic E-state index is 11.8. The number of hydrogen-bond donors (Lipinski definition) is 4. The van der Waals surface area contributed by atoms with Crippen molar-refractivity contribution in [2.24, 2.45) is 10.7 Å². The van der Waals surface area contributed by atoms with Crippen LogP contribution in [-0.2, 0) is 20.9 Å². The van der Waals surface area contributed by atoms with Gasteiger partial charge in [-0.05, 0) is 5.56 Å². The standard InChI is InChI=1S/C16H23N5O4/c17-16-19-14-13(15(23)20-16)18-9-21(14)10-25-12(6-22)8-24-7-11-4-2-1-3-5-11/h1-5,9,12-14,16,19,22H,6-8,10,17H2,(H,20,23). The van der Waals surface area contributed by atoms with Gasteiger partial charge in [-0.1, -0.05) is 30.3 Å². The molecular weight excluding hydrogens is 326 g/mol. The summed E-state index contributed by atoms with van der Waals surface area (Å²) in [5.41, 5.74) is 6.78. The summed E-state index contributed by atoms with van der Waals surface area (Å²) in [6.45, 7) is 0.712. The lowest BCUT2D eigenvalue weighted by Gasteiger charge is -2.35. The van der Waals surface area contributed by atoms with Crippen molar-refractivity contribution in [3.8, 4) is 0 Å². The number of aliphatic hydroxyl groups excluding tert-OH is 1. The van der Waals surface area contributed by atoms with Crippen LogP contribution in [0.15, 0.2) is 35.3 Å². The van der Waals surface area contributed by atoms with Crippen LogP contribution in [-0.4, -0.2) is 66.8 Å². The van der Waals surface area contributed by atoms with Crippen molar-refractivity contribution >= 4 is 12.2 Å². The maximum atomic E-state index is 11.8. The van der Waals surface area contributed by atoms with Gasteiger partial charge in [0.2, 0.25) is 0 Å². The van der Waals surface area contributed by atoms with Crippen molar-refractivity contribution in [3.63, 3.8) is 0 Å². The number of aliphatic hydroxyl groups is 1. The van der Waals surface area contributed by atoms with Crippen molar-refractivity contribution in [2.75, 3.05) is 19.9 Å². The van der Waals surface area contributed by atoms with Crippen LogP contribution in [0.5, 0.6) is 0 Å². The molecule has 0 aromatic heterocycles. The Morgan fingerprint density at radius 2 is 2.16 bits per heavy atom. The van der Waals surface area contributed by atoms with Crippen LogP contribution in [0.1, 0.15) is 5.56 Å². The summed E-state index contributed by atoms with van der Waals surface area (Å²) in [5, 5.41) is 15.1. The van der Waals surface area contributed by atoms with E-state index in [0.717, 1.165) is 5.56 Å². The molecular formula is C16H23N5O4. The molecule has 4 atom stereocenters. The summed E-state index contributed by atoms with van der Waals surface area (Å²) in [6, 6.07) is 9.22. The van der Waals surface area contributed by atoms with Gasteiger partial charge < -0.3 is 24.8 Å². The molecule has 136 valence electrons. The number of nitrogens with zero attached hydrogens (tertiary/aromatic N) is 2. The van der Waals surface area contributed by atoms with Gasteiger partial charge in [-0.3, -0.25) is 20.8 Å². The minimum atomic E-state index is -0.624. The Labute approximate surface area is 145 Å². The van der Waals surface area contributed by atoms with Gasteiger partial charge in [0, 0.05) is 0 Å². The minimum absolute atomic E-state index is 0.164. The fourth-order valence-corrected chi connectivity index (χ4v) is 2.70. The molecule has 0 bridgehead atoms. The van der Waals surface area contributed by atoms with E-state index in [0.29, 0.717) is 6.61 Å². The molecule has 1 amide bonds. The summed E-state index contributed by atoms with van der Waals surface area (Å²) in [4.78, 5) is 17.7. The van der Waals surface area contributed by atoms with E-state index in [1.807, 2.05) is 30.3 Å². The largest absolute Gasteiger partial charge is 0.394 e. The minimum Gasteiger partial charge on any atom is -0.394 e. The topological polar surface area (TPSA) is 121 Å². The number of benzene rings is 1. The molecule has 1 aromatic carbocycles. The second-order valence-electron chi connectivity index (χ2n) is 5.92. The lowest BCUT2D eigenvalue weighted by molar-refractivity contribution is -0.128. The van der Waals surface area contributed by atoms with Crippen molar-refractivity contribution < 1.29 is 19.4 Å². The second-order valence-corrected chi connectivity index (χ2v) is 5.92. The highest BCUT2D eigenvalue weighted by Crippen LogP contribution is 2.15. The number of nitrogens with two attached hydrogens (primary N) is 1. The number of carbonyl (C=O) groups is 1. The van der Waals surface area contributed by atoms with E-state index in [1.54, 1.807) is 11.2 Å². The third kappa shape index (κ3) is 4.53. The molecule has 2 heterocycles. The monoisotopic (exact) mass is 349 g/mol. The molecule has 2 aliphatic rings. The van der Waals surface area contributed by atoms with Crippen molar-refractivity contribution in [1.29, 1.82) is 0 Å². The molecule has 25 heavy (non-hydrogen) atoms. The molecule has 9 heteroatoms. The molecule has 3 rings (SSSR count). The third-order valence-corrected chi connectivity index (χ3v) is 4.03. The number of ether oxygens (including phenoxy) is 2. The fourth-order valence-electron chi connectivity index (χ4n) is 2.70. The number of carbonyl (C=O) groups excluding carboxylic acids is 1. The first kappa shape index (κ1) is 17.8. The van der Waals surface area contributed by atoms with E-state index in [4.69, 9.17) is 15.2 Å². The van der Waals surface area contributed by atoms with Crippen LogP contribution >= 0.6 is 0 Å². The van der Waals surface area contributed by atoms with E-state index in [9.17, 15) is 9.90 Å². The Kier molecular flexibility index (Phi) is 5.95. The Balaban J connectivity index is 1.43. The van der Waals surface area contributed by atoms with E-state index in [2.05, 4.69) is 15.6 Å². The molecule has 0 aliphatic carbocycles. The highest BCUT2D eigenvalue weighted by Gasteiger charge is 2.41. The van der Waals surface area contributed by atoms with Crippen molar-refractivity contribution in [2.45, 2.75) is 31.2 Å². The molecule has 5 N–H and O–H groups in total. The SMILES string of the molecule is NC1NC(=O)C2N=CN(COC(CO)COCc3ccccc3)C2N1. The van der Waals surface area contributed by atoms with Crippen LogP contribution in [0, 0.1) is 0 Å². The van der Waals surface area contributed by atoms with Crippen LogP contribution in [0.25, 0.3) is 0 Å². The van der Waals surface area contributed by atoms with Crippen LogP contribution in [0.4, 0.5) is 0 Å². The maximum Gasteiger partial charge on any atom is 0.250 e. The first-order valence-electron chi connectivity index (χ1n) is 8.12. The lowest BCUT2D eigenvalue weighted by Crippen LogP contribution is -2.69. The number of hydrogen-bond acceptors (Lipinski definition) is 8. The van der Waals surface area contributed by atoms with Gasteiger partial charge >= 0.3 is 0 Å². The Morgan fingerprint density at radius 3 is 2.92 bits per heavy atom. The summed E-state index contributed by atoms with van der Waals surface area (Å²) < 4.78 is 11.3. The molecule has 1 saturated heterocycles. The number of fused-ring (bicyclic) bond motifs is 1. The molecule has 1 aromatic rings. The predicted molar refractivity (Wildman–Crippen MR) is 90.1 cm³/mol. The zero-order chi connectivity index (χ0) is 17.6. The van der Waals surface area contributed by atoms with E-state index in [-0.39, 0.29) is 32.0 Å². The molecule has 0 saturated carbocycles. The second kappa shape index (κ2) is 8.37. The lowest BCUT2D eigenvalue weighted by atomic mass is 10.2. The van der Waals surface area contributed by atoms with Gasteiger partial charge in [0.15, 0.2) is 6.04 Å². The Bertz CT molecular complexity index is 599. The quantitative estimate of drug-likeness (QED) is 0.452. The van der Waals surface area contributed by atoms with Crippen molar-refractivity contribution in [3.05, 3.63) is 35.9 Å². The number of aliphatic imine (C=N–C) groups is 1. The Hall–Kier alpha value is -2.04. The fraction of sp³-hybridized carbons (Fsp3) is 0.500. The first-order chi connectivity index (χ1) is 12.2. The average Bonchev–Trinajstić information content (AvgIpc) is 3.02. The van der Waals surface area contributed by atoms with E-state index >= 15 is 0 Å². The van der Waals surface area contributed by atoms with E-state index < -0.39 is 18.4 Å². The Morgan fingerprint density at radius 1 is 1.36 bits per heavy atom. The molecule has 9 nitrogen and oxygen atoms in total. The van der Waals surface area contributed by atoms with Crippen LogP contribution in [0.2, 0.25) is 0 Å². The molecule has 4 unspecified atom stereocenters. The smallest absolute Gasteiger partial charge is 0.250 e.